The molecule has 7 heteroatoms. The fourth-order valence-corrected chi connectivity index (χ4v) is 1.91. The standard InChI is InChI=1S/C11H13F3N2OS/c12-11(13,14)18-10-3-1-9(2-4-10)7-16(8-17)6-5-15/h1-4,8H,5-7,15H2. The summed E-state index contributed by atoms with van der Waals surface area (Å²) in [5, 5.41) is 0. The molecule has 100 valence electrons. The van der Waals surface area contributed by atoms with Gasteiger partial charge in [-0.15, -0.1) is 0 Å². The van der Waals surface area contributed by atoms with Gasteiger partial charge in [0.1, 0.15) is 0 Å². The van der Waals surface area contributed by atoms with Crippen LogP contribution in [0.1, 0.15) is 5.56 Å². The zero-order valence-corrected chi connectivity index (χ0v) is 10.3. The Kier molecular flexibility index (Phi) is 5.49. The summed E-state index contributed by atoms with van der Waals surface area (Å²) in [5.41, 5.74) is 1.81. The summed E-state index contributed by atoms with van der Waals surface area (Å²) in [6, 6.07) is 5.92. The Morgan fingerprint density at radius 3 is 2.33 bits per heavy atom. The smallest absolute Gasteiger partial charge is 0.340 e. The molecule has 0 aliphatic rings. The molecule has 1 aromatic carbocycles. The van der Waals surface area contributed by atoms with Gasteiger partial charge in [-0.05, 0) is 29.5 Å². The van der Waals surface area contributed by atoms with Crippen molar-refractivity contribution < 1.29 is 18.0 Å². The summed E-state index contributed by atoms with van der Waals surface area (Å²) >= 11 is -0.159. The Morgan fingerprint density at radius 1 is 1.28 bits per heavy atom. The van der Waals surface area contributed by atoms with Crippen LogP contribution >= 0.6 is 11.8 Å². The molecule has 0 bridgehead atoms. The van der Waals surface area contributed by atoms with Crippen LogP contribution in [0.2, 0.25) is 0 Å². The third-order valence-corrected chi connectivity index (χ3v) is 2.85. The molecule has 0 atom stereocenters. The maximum Gasteiger partial charge on any atom is 0.446 e. The van der Waals surface area contributed by atoms with Crippen LogP contribution in [0, 0.1) is 0 Å². The number of carbonyl (C=O) groups is 1. The highest BCUT2D eigenvalue weighted by molar-refractivity contribution is 8.00. The predicted octanol–water partition coefficient (Wildman–Crippen LogP) is 2.22. The number of thioether (sulfide) groups is 1. The van der Waals surface area contributed by atoms with Gasteiger partial charge in [0.05, 0.1) is 0 Å². The number of benzene rings is 1. The van der Waals surface area contributed by atoms with E-state index in [4.69, 9.17) is 5.73 Å². The molecule has 2 N–H and O–H groups in total. The van der Waals surface area contributed by atoms with Crippen LogP contribution in [0.3, 0.4) is 0 Å². The molecular weight excluding hydrogens is 265 g/mol. The largest absolute Gasteiger partial charge is 0.446 e. The van der Waals surface area contributed by atoms with E-state index in [9.17, 15) is 18.0 Å². The number of amides is 1. The van der Waals surface area contributed by atoms with Crippen LogP contribution in [0.25, 0.3) is 0 Å². The Morgan fingerprint density at radius 2 is 1.89 bits per heavy atom. The first-order valence-electron chi connectivity index (χ1n) is 5.18. The highest BCUT2D eigenvalue weighted by Gasteiger charge is 2.28. The molecule has 0 spiro atoms. The number of nitrogens with two attached hydrogens (primary N) is 1. The number of nitrogens with zero attached hydrogens (tertiary/aromatic N) is 1. The van der Waals surface area contributed by atoms with Gasteiger partial charge in [-0.2, -0.15) is 13.2 Å². The molecule has 3 nitrogen and oxygen atoms in total. The monoisotopic (exact) mass is 278 g/mol. The van der Waals surface area contributed by atoms with E-state index in [1.54, 1.807) is 12.1 Å². The van der Waals surface area contributed by atoms with E-state index >= 15 is 0 Å². The van der Waals surface area contributed by atoms with E-state index in [1.807, 2.05) is 0 Å². The summed E-state index contributed by atoms with van der Waals surface area (Å²) in [6.07, 6.45) is 0.672. The fourth-order valence-electron chi connectivity index (χ4n) is 1.37. The van der Waals surface area contributed by atoms with E-state index in [-0.39, 0.29) is 16.7 Å². The van der Waals surface area contributed by atoms with Gasteiger partial charge >= 0.3 is 5.51 Å². The molecule has 0 fully saturated rings. The van der Waals surface area contributed by atoms with Gasteiger partial charge in [0.2, 0.25) is 6.41 Å². The van der Waals surface area contributed by atoms with Crippen molar-refractivity contribution >= 4 is 18.2 Å². The number of alkyl halides is 3. The molecule has 1 amide bonds. The van der Waals surface area contributed by atoms with Crippen LogP contribution < -0.4 is 5.73 Å². The first kappa shape index (κ1) is 14.8. The molecule has 0 saturated heterocycles. The van der Waals surface area contributed by atoms with Gasteiger partial charge in [0, 0.05) is 24.5 Å². The average Bonchev–Trinajstić information content (AvgIpc) is 2.29. The Bertz CT molecular complexity index is 381. The van der Waals surface area contributed by atoms with E-state index < -0.39 is 5.51 Å². The first-order valence-corrected chi connectivity index (χ1v) is 6.00. The maximum atomic E-state index is 12.1. The number of hydrogen-bond acceptors (Lipinski definition) is 3. The van der Waals surface area contributed by atoms with E-state index in [1.165, 1.54) is 17.0 Å². The predicted molar refractivity (Wildman–Crippen MR) is 63.9 cm³/mol. The molecule has 0 aliphatic carbocycles. The lowest BCUT2D eigenvalue weighted by molar-refractivity contribution is -0.118. The third-order valence-electron chi connectivity index (χ3n) is 2.11. The topological polar surface area (TPSA) is 46.3 Å². The summed E-state index contributed by atoms with van der Waals surface area (Å²) in [4.78, 5) is 12.3. The van der Waals surface area contributed by atoms with E-state index in [2.05, 4.69) is 0 Å². The molecule has 0 aliphatic heterocycles. The summed E-state index contributed by atoms with van der Waals surface area (Å²) < 4.78 is 36.3. The molecule has 0 aromatic heterocycles. The lowest BCUT2D eigenvalue weighted by Crippen LogP contribution is -2.27. The lowest BCUT2D eigenvalue weighted by Gasteiger charge is -2.16. The second-order valence-corrected chi connectivity index (χ2v) is 4.69. The Labute approximate surface area is 107 Å². The van der Waals surface area contributed by atoms with Crippen LogP contribution in [0.15, 0.2) is 29.2 Å². The summed E-state index contributed by atoms with van der Waals surface area (Å²) in [5.74, 6) is 0. The van der Waals surface area contributed by atoms with Gasteiger partial charge in [-0.25, -0.2) is 0 Å². The van der Waals surface area contributed by atoms with Crippen molar-refractivity contribution in [1.82, 2.24) is 4.90 Å². The number of carbonyl (C=O) groups excluding carboxylic acids is 1. The maximum absolute atomic E-state index is 12.1. The van der Waals surface area contributed by atoms with Crippen molar-refractivity contribution in [2.75, 3.05) is 13.1 Å². The molecule has 1 aromatic rings. The van der Waals surface area contributed by atoms with Gasteiger partial charge in [0.15, 0.2) is 0 Å². The summed E-state index contributed by atoms with van der Waals surface area (Å²) in [6.45, 7) is 1.11. The van der Waals surface area contributed by atoms with Gasteiger partial charge in [0.25, 0.3) is 0 Å². The molecular formula is C11H13F3N2OS. The summed E-state index contributed by atoms with van der Waals surface area (Å²) in [7, 11) is 0. The highest BCUT2D eigenvalue weighted by atomic mass is 32.2. The minimum absolute atomic E-state index is 0.128. The van der Waals surface area contributed by atoms with E-state index in [0.29, 0.717) is 26.0 Å². The van der Waals surface area contributed by atoms with Crippen molar-refractivity contribution in [1.29, 1.82) is 0 Å². The Hall–Kier alpha value is -1.21. The second kappa shape index (κ2) is 6.65. The van der Waals surface area contributed by atoms with Gasteiger partial charge < -0.3 is 10.6 Å². The van der Waals surface area contributed by atoms with Crippen molar-refractivity contribution in [3.05, 3.63) is 29.8 Å². The zero-order valence-electron chi connectivity index (χ0n) is 9.48. The minimum atomic E-state index is -4.28. The van der Waals surface area contributed by atoms with Gasteiger partial charge in [-0.3, -0.25) is 4.79 Å². The normalized spacial score (nSPS) is 11.3. The zero-order chi connectivity index (χ0) is 13.6. The molecule has 0 saturated carbocycles. The second-order valence-electron chi connectivity index (χ2n) is 3.56. The SMILES string of the molecule is NCCN(C=O)Cc1ccc(SC(F)(F)F)cc1. The van der Waals surface area contributed by atoms with Gasteiger partial charge in [-0.1, -0.05) is 12.1 Å². The highest BCUT2D eigenvalue weighted by Crippen LogP contribution is 2.36. The quantitative estimate of drug-likeness (QED) is 0.641. The Balaban J connectivity index is 2.62. The van der Waals surface area contributed by atoms with Crippen LogP contribution in [0.5, 0.6) is 0 Å². The molecule has 0 unspecified atom stereocenters. The number of halogens is 3. The molecule has 0 radical (unpaired) electrons. The van der Waals surface area contributed by atoms with Crippen molar-refractivity contribution in [3.8, 4) is 0 Å². The van der Waals surface area contributed by atoms with Crippen molar-refractivity contribution in [2.45, 2.75) is 16.9 Å². The van der Waals surface area contributed by atoms with Crippen LogP contribution in [-0.4, -0.2) is 29.9 Å². The van der Waals surface area contributed by atoms with Crippen LogP contribution in [0.4, 0.5) is 13.2 Å². The van der Waals surface area contributed by atoms with E-state index in [0.717, 1.165) is 5.56 Å². The minimum Gasteiger partial charge on any atom is -0.340 e. The fraction of sp³-hybridized carbons (Fsp3) is 0.364. The molecule has 0 heterocycles. The number of rotatable bonds is 6. The average molecular weight is 278 g/mol. The molecule has 1 rings (SSSR count). The van der Waals surface area contributed by atoms with Crippen molar-refractivity contribution in [2.24, 2.45) is 5.73 Å². The lowest BCUT2D eigenvalue weighted by atomic mass is 10.2. The molecule has 18 heavy (non-hydrogen) atoms. The van der Waals surface area contributed by atoms with Crippen molar-refractivity contribution in [3.63, 3.8) is 0 Å². The first-order chi connectivity index (χ1) is 8.44. The third kappa shape index (κ3) is 5.42. The van der Waals surface area contributed by atoms with Crippen LogP contribution in [-0.2, 0) is 11.3 Å². The number of hydrogen-bond donors (Lipinski definition) is 1.